The molecule has 0 unspecified atom stereocenters. The van der Waals surface area contributed by atoms with Crippen LogP contribution < -0.4 is 5.46 Å². The highest BCUT2D eigenvalue weighted by atomic mass is 15.0. The van der Waals surface area contributed by atoms with Crippen molar-refractivity contribution in [3.63, 3.8) is 0 Å². The number of rotatable bonds is 3. The van der Waals surface area contributed by atoms with Crippen LogP contribution in [-0.2, 0) is 0 Å². The molecular weight excluding hydrogens is 505 g/mol. The van der Waals surface area contributed by atoms with Crippen LogP contribution in [0.4, 0.5) is 0 Å². The van der Waals surface area contributed by atoms with Crippen LogP contribution in [0.25, 0.3) is 82.1 Å². The molecule has 0 radical (unpaired) electrons. The van der Waals surface area contributed by atoms with E-state index >= 15 is 0 Å². The van der Waals surface area contributed by atoms with Crippen molar-refractivity contribution < 1.29 is 0 Å². The summed E-state index contributed by atoms with van der Waals surface area (Å²) >= 11 is 0. The minimum Gasteiger partial charge on any atom is -0.309 e. The highest BCUT2D eigenvalue weighted by Gasteiger charge is 2.19. The Morgan fingerprint density at radius 2 is 0.952 bits per heavy atom. The van der Waals surface area contributed by atoms with E-state index in [1.165, 1.54) is 87.5 Å². The summed E-state index contributed by atoms with van der Waals surface area (Å²) in [5, 5.41) is 10.6. The Morgan fingerprint density at radius 1 is 0.381 bits per heavy atom. The van der Waals surface area contributed by atoms with E-state index in [9.17, 15) is 0 Å². The molecule has 0 saturated carbocycles. The van der Waals surface area contributed by atoms with Crippen LogP contribution in [-0.4, -0.2) is 12.4 Å². The summed E-state index contributed by atoms with van der Waals surface area (Å²) in [5.41, 5.74) is 9.88. The van der Waals surface area contributed by atoms with Crippen molar-refractivity contribution in [1.82, 2.24) is 4.57 Å². The third-order valence-corrected chi connectivity index (χ3v) is 9.07. The zero-order valence-corrected chi connectivity index (χ0v) is 23.3. The first kappa shape index (κ1) is 23.4. The lowest BCUT2D eigenvalue weighted by Gasteiger charge is -2.14. The Balaban J connectivity index is 1.40. The maximum atomic E-state index is 2.46. The highest BCUT2D eigenvalue weighted by molar-refractivity contribution is 6.43. The van der Waals surface area contributed by atoms with Crippen LogP contribution in [0.3, 0.4) is 0 Å². The molecule has 0 bridgehead atoms. The normalized spacial score (nSPS) is 11.9. The van der Waals surface area contributed by atoms with Gasteiger partial charge in [-0.05, 0) is 78.8 Å². The number of nitrogens with zero attached hydrogens (tertiary/aromatic N) is 1. The van der Waals surface area contributed by atoms with Crippen LogP contribution in [0.5, 0.6) is 0 Å². The van der Waals surface area contributed by atoms with Crippen LogP contribution in [0.2, 0.25) is 0 Å². The molecule has 9 rings (SSSR count). The molecule has 194 valence electrons. The number of fused-ring (bicyclic) bond motifs is 4. The molecule has 0 aliphatic heterocycles. The van der Waals surface area contributed by atoms with Gasteiger partial charge >= 0.3 is 0 Å². The van der Waals surface area contributed by atoms with Gasteiger partial charge in [0, 0.05) is 16.5 Å². The van der Waals surface area contributed by atoms with Crippen molar-refractivity contribution in [3.8, 4) is 27.9 Å². The van der Waals surface area contributed by atoms with E-state index in [0.29, 0.717) is 0 Å². The predicted octanol–water partition coefficient (Wildman–Crippen LogP) is 9.27. The topological polar surface area (TPSA) is 4.93 Å². The van der Waals surface area contributed by atoms with Crippen LogP contribution >= 0.6 is 0 Å². The average molecular weight is 531 g/mol. The number of hydrogen-bond donors (Lipinski definition) is 0. The van der Waals surface area contributed by atoms with Gasteiger partial charge in [0.05, 0.1) is 11.0 Å². The first-order chi connectivity index (χ1) is 20.7. The molecule has 0 aliphatic rings. The number of benzene rings is 8. The minimum atomic E-state index is 1.17. The third-order valence-electron chi connectivity index (χ3n) is 9.07. The van der Waals surface area contributed by atoms with Gasteiger partial charge in [0.25, 0.3) is 0 Å². The lowest BCUT2D eigenvalue weighted by Crippen LogP contribution is -2.03. The zero-order chi connectivity index (χ0) is 27.8. The summed E-state index contributed by atoms with van der Waals surface area (Å²) in [7, 11) is 2.22. The molecule has 2 heteroatoms. The number of aromatic nitrogens is 1. The van der Waals surface area contributed by atoms with Gasteiger partial charge < -0.3 is 4.57 Å². The van der Waals surface area contributed by atoms with Crippen molar-refractivity contribution in [2.45, 2.75) is 0 Å². The van der Waals surface area contributed by atoms with Crippen LogP contribution in [0.1, 0.15) is 0 Å². The first-order valence-corrected chi connectivity index (χ1v) is 14.6. The van der Waals surface area contributed by atoms with Crippen molar-refractivity contribution >= 4 is 67.4 Å². The second-order valence-corrected chi connectivity index (χ2v) is 11.4. The maximum Gasteiger partial charge on any atom is 0.140 e. The second kappa shape index (κ2) is 8.83. The number of hydrogen-bond acceptors (Lipinski definition) is 0. The van der Waals surface area contributed by atoms with Crippen molar-refractivity contribution in [2.24, 2.45) is 0 Å². The molecule has 8 aromatic carbocycles. The van der Waals surface area contributed by atoms with E-state index in [4.69, 9.17) is 0 Å². The van der Waals surface area contributed by atoms with Crippen molar-refractivity contribution in [1.29, 1.82) is 0 Å². The van der Waals surface area contributed by atoms with Crippen molar-refractivity contribution in [2.75, 3.05) is 0 Å². The van der Waals surface area contributed by atoms with E-state index in [2.05, 4.69) is 158 Å². The van der Waals surface area contributed by atoms with E-state index in [1.54, 1.807) is 0 Å². The fraction of sp³-hybridized carbons (Fsp3) is 0. The van der Waals surface area contributed by atoms with Gasteiger partial charge in [-0.3, -0.25) is 0 Å². The second-order valence-electron chi connectivity index (χ2n) is 11.4. The Kier molecular flexibility index (Phi) is 4.92. The fourth-order valence-corrected chi connectivity index (χ4v) is 7.05. The van der Waals surface area contributed by atoms with Gasteiger partial charge in [0.1, 0.15) is 7.85 Å². The molecule has 0 amide bonds. The molecule has 0 spiro atoms. The van der Waals surface area contributed by atoms with Gasteiger partial charge in [-0.15, -0.1) is 0 Å². The van der Waals surface area contributed by atoms with Crippen LogP contribution in [0, 0.1) is 0 Å². The Labute approximate surface area is 245 Å². The molecule has 0 atom stereocenters. The molecule has 0 fully saturated rings. The smallest absolute Gasteiger partial charge is 0.140 e. The molecule has 42 heavy (non-hydrogen) atoms. The third kappa shape index (κ3) is 3.33. The summed E-state index contributed by atoms with van der Waals surface area (Å²) in [6.45, 7) is 0. The minimum absolute atomic E-state index is 1.17. The molecule has 0 aliphatic carbocycles. The summed E-state index contributed by atoms with van der Waals surface area (Å²) < 4.78 is 2.46. The maximum absolute atomic E-state index is 2.46. The monoisotopic (exact) mass is 531 g/mol. The molecular formula is C40H26BN. The molecule has 1 heterocycles. The Hall–Kier alpha value is -5.34. The first-order valence-electron chi connectivity index (χ1n) is 14.6. The van der Waals surface area contributed by atoms with Gasteiger partial charge in [0.15, 0.2) is 0 Å². The molecule has 0 saturated heterocycles. The zero-order valence-electron chi connectivity index (χ0n) is 23.3. The molecule has 1 aromatic heterocycles. The van der Waals surface area contributed by atoms with Crippen LogP contribution in [0.15, 0.2) is 146 Å². The summed E-state index contributed by atoms with van der Waals surface area (Å²) in [5.74, 6) is 0. The summed E-state index contributed by atoms with van der Waals surface area (Å²) in [6.07, 6.45) is 0. The lowest BCUT2D eigenvalue weighted by molar-refractivity contribution is 1.18. The predicted molar refractivity (Wildman–Crippen MR) is 184 cm³/mol. The fourth-order valence-electron chi connectivity index (χ4n) is 7.05. The SMILES string of the molecule is Bc1ccc2ccc3c4c(ccc1c24)cc1c3c2ccc(-c3ccccc3)cc2n1-c1ccc(-c2ccccc2)cc1. The molecule has 1 nitrogen and oxygen atoms in total. The van der Waals surface area contributed by atoms with Crippen molar-refractivity contribution in [3.05, 3.63) is 146 Å². The van der Waals surface area contributed by atoms with Gasteiger partial charge in [-0.2, -0.15) is 0 Å². The van der Waals surface area contributed by atoms with E-state index in [0.717, 1.165) is 0 Å². The van der Waals surface area contributed by atoms with Gasteiger partial charge in [0.2, 0.25) is 0 Å². The molecule has 0 N–H and O–H groups in total. The van der Waals surface area contributed by atoms with Gasteiger partial charge in [-0.1, -0.05) is 127 Å². The summed E-state index contributed by atoms with van der Waals surface area (Å²) in [4.78, 5) is 0. The van der Waals surface area contributed by atoms with E-state index < -0.39 is 0 Å². The highest BCUT2D eigenvalue weighted by Crippen LogP contribution is 2.43. The standard InChI is InChI=1S/C40H26BN/c41-35-22-16-28-13-21-34-39-30(15-19-32(35)38(28)39)24-37-40(34)33-20-14-29(26-9-5-2-6-10-26)23-36(33)42(37)31-17-11-27(12-18-31)25-7-3-1-4-8-25/h1-24H,41H2. The largest absolute Gasteiger partial charge is 0.309 e. The quantitative estimate of drug-likeness (QED) is 0.158. The van der Waals surface area contributed by atoms with Gasteiger partial charge in [-0.25, -0.2) is 0 Å². The van der Waals surface area contributed by atoms with E-state index in [-0.39, 0.29) is 0 Å². The summed E-state index contributed by atoms with van der Waals surface area (Å²) in [6, 6.07) is 53.5. The Morgan fingerprint density at radius 3 is 1.71 bits per heavy atom. The Bertz CT molecular complexity index is 2440. The average Bonchev–Trinajstić information content (AvgIpc) is 3.38. The van der Waals surface area contributed by atoms with E-state index in [1.807, 2.05) is 0 Å². The molecule has 9 aromatic rings. The lowest BCUT2D eigenvalue weighted by atomic mass is 9.84.